The second kappa shape index (κ2) is 6.37. The Morgan fingerprint density at radius 1 is 1.24 bits per heavy atom. The lowest BCUT2D eigenvalue weighted by molar-refractivity contribution is -0.384. The summed E-state index contributed by atoms with van der Waals surface area (Å²) >= 11 is 6.06. The summed E-state index contributed by atoms with van der Waals surface area (Å²) in [6.07, 6.45) is 0. The van der Waals surface area contributed by atoms with Gasteiger partial charge in [-0.3, -0.25) is 14.9 Å². The molecule has 21 heavy (non-hydrogen) atoms. The van der Waals surface area contributed by atoms with Gasteiger partial charge in [-0.2, -0.15) is 0 Å². The molecular formula is C15H13ClN2O3. The van der Waals surface area contributed by atoms with E-state index in [4.69, 9.17) is 11.6 Å². The third-order valence-corrected chi connectivity index (χ3v) is 3.35. The molecule has 108 valence electrons. The van der Waals surface area contributed by atoms with Crippen molar-refractivity contribution >= 4 is 23.2 Å². The van der Waals surface area contributed by atoms with E-state index in [1.54, 1.807) is 6.07 Å². The highest BCUT2D eigenvalue weighted by atomic mass is 35.5. The van der Waals surface area contributed by atoms with Crippen LogP contribution in [0.25, 0.3) is 0 Å². The molecule has 0 saturated carbocycles. The molecule has 0 spiro atoms. The maximum absolute atomic E-state index is 12.0. The van der Waals surface area contributed by atoms with E-state index in [-0.39, 0.29) is 11.6 Å². The van der Waals surface area contributed by atoms with Crippen molar-refractivity contribution in [2.75, 3.05) is 0 Å². The van der Waals surface area contributed by atoms with Crippen LogP contribution in [0, 0.1) is 17.0 Å². The highest BCUT2D eigenvalue weighted by Crippen LogP contribution is 2.17. The summed E-state index contributed by atoms with van der Waals surface area (Å²) in [4.78, 5) is 22.0. The molecule has 0 aromatic heterocycles. The van der Waals surface area contributed by atoms with Crippen molar-refractivity contribution in [3.63, 3.8) is 0 Å². The third-order valence-electron chi connectivity index (χ3n) is 2.98. The molecule has 0 saturated heterocycles. The Morgan fingerprint density at radius 3 is 2.52 bits per heavy atom. The van der Waals surface area contributed by atoms with Crippen LogP contribution in [0.5, 0.6) is 0 Å². The lowest BCUT2D eigenvalue weighted by atomic mass is 10.1. The van der Waals surface area contributed by atoms with Crippen LogP contribution in [0.3, 0.4) is 0 Å². The molecule has 5 nitrogen and oxygen atoms in total. The summed E-state index contributed by atoms with van der Waals surface area (Å²) < 4.78 is 0. The molecular weight excluding hydrogens is 292 g/mol. The third kappa shape index (κ3) is 3.79. The van der Waals surface area contributed by atoms with E-state index >= 15 is 0 Å². The predicted molar refractivity (Wildman–Crippen MR) is 80.5 cm³/mol. The second-order valence-corrected chi connectivity index (χ2v) is 4.99. The number of halogens is 1. The average Bonchev–Trinajstić information content (AvgIpc) is 2.48. The topological polar surface area (TPSA) is 72.2 Å². The summed E-state index contributed by atoms with van der Waals surface area (Å²) in [5, 5.41) is 13.9. The zero-order valence-corrected chi connectivity index (χ0v) is 12.1. The normalized spacial score (nSPS) is 10.2. The van der Waals surface area contributed by atoms with Crippen LogP contribution < -0.4 is 5.32 Å². The molecule has 6 heteroatoms. The maximum atomic E-state index is 12.0. The monoisotopic (exact) mass is 304 g/mol. The van der Waals surface area contributed by atoms with Crippen LogP contribution in [0.15, 0.2) is 42.5 Å². The minimum absolute atomic E-state index is 0.0479. The number of rotatable bonds is 4. The van der Waals surface area contributed by atoms with Gasteiger partial charge in [-0.15, -0.1) is 0 Å². The first-order valence-electron chi connectivity index (χ1n) is 6.25. The fraction of sp³-hybridized carbons (Fsp3) is 0.133. The summed E-state index contributed by atoms with van der Waals surface area (Å²) in [6.45, 7) is 2.24. The van der Waals surface area contributed by atoms with Gasteiger partial charge in [0, 0.05) is 29.3 Å². The lowest BCUT2D eigenvalue weighted by Crippen LogP contribution is -2.22. The van der Waals surface area contributed by atoms with Crippen LogP contribution in [0.1, 0.15) is 21.5 Å². The number of hydrogen-bond donors (Lipinski definition) is 1. The summed E-state index contributed by atoms with van der Waals surface area (Å²) in [5.74, 6) is -0.303. The van der Waals surface area contributed by atoms with Crippen LogP contribution in [0.4, 0.5) is 5.69 Å². The van der Waals surface area contributed by atoms with Crippen LogP contribution >= 0.6 is 11.6 Å². The number of carbonyl (C=O) groups excluding carboxylic acids is 1. The number of nitrogens with zero attached hydrogens (tertiary/aromatic N) is 1. The van der Waals surface area contributed by atoms with Gasteiger partial charge in [-0.1, -0.05) is 29.3 Å². The molecule has 0 heterocycles. The van der Waals surface area contributed by atoms with Crippen LogP contribution in [-0.4, -0.2) is 10.8 Å². The predicted octanol–water partition coefficient (Wildman–Crippen LogP) is 3.49. The molecule has 0 aliphatic carbocycles. The molecule has 2 rings (SSSR count). The fourth-order valence-electron chi connectivity index (χ4n) is 1.85. The van der Waals surface area contributed by atoms with E-state index < -0.39 is 4.92 Å². The van der Waals surface area contributed by atoms with Gasteiger partial charge in [0.15, 0.2) is 0 Å². The summed E-state index contributed by atoms with van der Waals surface area (Å²) in [5.41, 5.74) is 2.20. The molecule has 1 amide bonds. The van der Waals surface area contributed by atoms with Gasteiger partial charge in [-0.05, 0) is 30.7 Å². The summed E-state index contributed by atoms with van der Waals surface area (Å²) in [7, 11) is 0. The SMILES string of the molecule is Cc1ccc(Cl)c(CNC(=O)c2ccc([N+](=O)[O-])cc2)c1. The van der Waals surface area contributed by atoms with Crippen molar-refractivity contribution in [2.24, 2.45) is 0 Å². The average molecular weight is 305 g/mol. The van der Waals surface area contributed by atoms with Gasteiger partial charge in [0.25, 0.3) is 11.6 Å². The molecule has 0 aliphatic rings. The minimum atomic E-state index is -0.506. The van der Waals surface area contributed by atoms with Gasteiger partial charge in [0.2, 0.25) is 0 Å². The second-order valence-electron chi connectivity index (χ2n) is 4.58. The summed E-state index contributed by atoms with van der Waals surface area (Å²) in [6, 6.07) is 11.0. The van der Waals surface area contributed by atoms with Crippen molar-refractivity contribution in [3.05, 3.63) is 74.3 Å². The van der Waals surface area contributed by atoms with Gasteiger partial charge in [0.05, 0.1) is 4.92 Å². The van der Waals surface area contributed by atoms with Crippen LogP contribution in [-0.2, 0) is 6.54 Å². The molecule has 0 bridgehead atoms. The van der Waals surface area contributed by atoms with Crippen molar-refractivity contribution in [3.8, 4) is 0 Å². The van der Waals surface area contributed by atoms with Crippen molar-refractivity contribution in [1.82, 2.24) is 5.32 Å². The quantitative estimate of drug-likeness (QED) is 0.694. The van der Waals surface area contributed by atoms with E-state index in [2.05, 4.69) is 5.32 Å². The number of non-ortho nitro benzene ring substituents is 1. The van der Waals surface area contributed by atoms with Crippen molar-refractivity contribution in [1.29, 1.82) is 0 Å². The highest BCUT2D eigenvalue weighted by molar-refractivity contribution is 6.31. The van der Waals surface area contributed by atoms with E-state index in [9.17, 15) is 14.9 Å². The first kappa shape index (κ1) is 15.0. The molecule has 0 atom stereocenters. The molecule has 0 radical (unpaired) electrons. The zero-order valence-electron chi connectivity index (χ0n) is 11.3. The van der Waals surface area contributed by atoms with E-state index in [1.165, 1.54) is 24.3 Å². The number of carbonyl (C=O) groups is 1. The Balaban J connectivity index is 2.04. The van der Waals surface area contributed by atoms with Gasteiger partial charge < -0.3 is 5.32 Å². The first-order valence-corrected chi connectivity index (χ1v) is 6.63. The Hall–Kier alpha value is -2.40. The number of nitro groups is 1. The Morgan fingerprint density at radius 2 is 1.90 bits per heavy atom. The van der Waals surface area contributed by atoms with E-state index in [0.717, 1.165) is 11.1 Å². The number of nitro benzene ring substituents is 1. The van der Waals surface area contributed by atoms with Gasteiger partial charge in [-0.25, -0.2) is 0 Å². The molecule has 0 aliphatic heterocycles. The minimum Gasteiger partial charge on any atom is -0.348 e. The first-order chi connectivity index (χ1) is 9.97. The number of aryl methyl sites for hydroxylation is 1. The van der Waals surface area contributed by atoms with E-state index in [1.807, 2.05) is 19.1 Å². The number of nitrogens with one attached hydrogen (secondary N) is 1. The smallest absolute Gasteiger partial charge is 0.269 e. The Bertz CT molecular complexity index is 684. The highest BCUT2D eigenvalue weighted by Gasteiger charge is 2.10. The van der Waals surface area contributed by atoms with Gasteiger partial charge in [0.1, 0.15) is 0 Å². The van der Waals surface area contributed by atoms with Gasteiger partial charge >= 0.3 is 0 Å². The fourth-order valence-corrected chi connectivity index (χ4v) is 2.04. The van der Waals surface area contributed by atoms with E-state index in [0.29, 0.717) is 17.1 Å². The van der Waals surface area contributed by atoms with Crippen molar-refractivity contribution in [2.45, 2.75) is 13.5 Å². The molecule has 2 aromatic rings. The maximum Gasteiger partial charge on any atom is 0.269 e. The standard InChI is InChI=1S/C15H13ClN2O3/c1-10-2-7-14(16)12(8-10)9-17-15(19)11-3-5-13(6-4-11)18(20)21/h2-8H,9H2,1H3,(H,17,19). The molecule has 0 unspecified atom stereocenters. The lowest BCUT2D eigenvalue weighted by Gasteiger charge is -2.08. The number of benzene rings is 2. The largest absolute Gasteiger partial charge is 0.348 e. The number of hydrogen-bond acceptors (Lipinski definition) is 3. The van der Waals surface area contributed by atoms with Crippen molar-refractivity contribution < 1.29 is 9.72 Å². The Labute approximate surface area is 126 Å². The Kier molecular flexibility index (Phi) is 4.55. The van der Waals surface area contributed by atoms with Crippen LogP contribution in [0.2, 0.25) is 5.02 Å². The number of amides is 1. The molecule has 2 aromatic carbocycles. The molecule has 1 N–H and O–H groups in total. The molecule has 0 fully saturated rings. The zero-order chi connectivity index (χ0) is 15.4.